The Labute approximate surface area is 204 Å². The molecule has 0 radical (unpaired) electrons. The molecule has 0 aliphatic carbocycles. The SMILES string of the molecule is CCOC(=O)c1ccc(N2C(=O)c3[nH]nc(-c4ccc(C)cc4)c3C2c2ccc(CC)cc2)cc1. The zero-order valence-electron chi connectivity index (χ0n) is 20.0. The topological polar surface area (TPSA) is 75.3 Å². The average molecular weight is 466 g/mol. The van der Waals surface area contributed by atoms with E-state index in [0.717, 1.165) is 34.4 Å². The molecular formula is C29H27N3O3. The molecule has 35 heavy (non-hydrogen) atoms. The molecule has 1 amide bonds. The van der Waals surface area contributed by atoms with Gasteiger partial charge in [0, 0.05) is 16.8 Å². The van der Waals surface area contributed by atoms with Crippen molar-refractivity contribution in [3.63, 3.8) is 0 Å². The first-order valence-electron chi connectivity index (χ1n) is 11.9. The second-order valence-corrected chi connectivity index (χ2v) is 8.67. The van der Waals surface area contributed by atoms with E-state index in [9.17, 15) is 9.59 Å². The van der Waals surface area contributed by atoms with E-state index in [4.69, 9.17) is 4.74 Å². The summed E-state index contributed by atoms with van der Waals surface area (Å²) in [6.45, 7) is 6.25. The molecule has 1 aliphatic heterocycles. The molecule has 1 aliphatic rings. The highest BCUT2D eigenvalue weighted by atomic mass is 16.5. The number of aryl methyl sites for hydroxylation is 2. The molecule has 0 saturated heterocycles. The van der Waals surface area contributed by atoms with Crippen LogP contribution in [-0.4, -0.2) is 28.7 Å². The average Bonchev–Trinajstić information content (AvgIpc) is 3.44. The Morgan fingerprint density at radius 1 is 0.971 bits per heavy atom. The molecular weight excluding hydrogens is 438 g/mol. The first-order valence-corrected chi connectivity index (χ1v) is 11.9. The van der Waals surface area contributed by atoms with Gasteiger partial charge < -0.3 is 4.74 Å². The van der Waals surface area contributed by atoms with Gasteiger partial charge in [-0.15, -0.1) is 0 Å². The van der Waals surface area contributed by atoms with Gasteiger partial charge in [-0.25, -0.2) is 4.79 Å². The molecule has 5 rings (SSSR count). The lowest BCUT2D eigenvalue weighted by Gasteiger charge is -2.27. The van der Waals surface area contributed by atoms with Gasteiger partial charge in [0.25, 0.3) is 5.91 Å². The minimum Gasteiger partial charge on any atom is -0.462 e. The van der Waals surface area contributed by atoms with E-state index >= 15 is 0 Å². The van der Waals surface area contributed by atoms with Crippen LogP contribution >= 0.6 is 0 Å². The molecule has 176 valence electrons. The van der Waals surface area contributed by atoms with Gasteiger partial charge in [-0.1, -0.05) is 61.0 Å². The van der Waals surface area contributed by atoms with Gasteiger partial charge >= 0.3 is 5.97 Å². The van der Waals surface area contributed by atoms with Crippen LogP contribution in [-0.2, 0) is 11.2 Å². The number of rotatable bonds is 6. The fourth-order valence-electron chi connectivity index (χ4n) is 4.57. The Kier molecular flexibility index (Phi) is 5.95. The summed E-state index contributed by atoms with van der Waals surface area (Å²) in [5, 5.41) is 7.55. The monoisotopic (exact) mass is 465 g/mol. The number of aromatic amines is 1. The molecule has 0 fully saturated rings. The standard InChI is InChI=1S/C29H27N3O3/c1-4-19-8-12-21(13-9-19)27-24-25(20-10-6-18(3)7-11-20)30-31-26(24)28(33)32(27)23-16-14-22(15-17-23)29(34)35-5-2/h6-17,27H,4-5H2,1-3H3,(H,30,31). The highest BCUT2D eigenvalue weighted by Gasteiger charge is 2.43. The molecule has 6 heteroatoms. The van der Waals surface area contributed by atoms with Crippen LogP contribution in [0.4, 0.5) is 5.69 Å². The molecule has 3 aromatic carbocycles. The summed E-state index contributed by atoms with van der Waals surface area (Å²) in [6, 6.07) is 23.2. The van der Waals surface area contributed by atoms with Crippen LogP contribution in [0.5, 0.6) is 0 Å². The Balaban J connectivity index is 1.62. The number of H-pyrrole nitrogens is 1. The molecule has 1 unspecified atom stereocenters. The highest BCUT2D eigenvalue weighted by Crippen LogP contribution is 2.45. The van der Waals surface area contributed by atoms with Gasteiger partial charge in [0.15, 0.2) is 0 Å². The summed E-state index contributed by atoms with van der Waals surface area (Å²) in [6.07, 6.45) is 0.939. The van der Waals surface area contributed by atoms with Crippen molar-refractivity contribution in [2.45, 2.75) is 33.2 Å². The van der Waals surface area contributed by atoms with Crippen molar-refractivity contribution in [3.8, 4) is 11.3 Å². The predicted molar refractivity (Wildman–Crippen MR) is 136 cm³/mol. The summed E-state index contributed by atoms with van der Waals surface area (Å²) in [5.41, 5.74) is 7.61. The Bertz CT molecular complexity index is 1370. The van der Waals surface area contributed by atoms with E-state index < -0.39 is 0 Å². The fraction of sp³-hybridized carbons (Fsp3) is 0.207. The number of carbonyl (C=O) groups excluding carboxylic acids is 2. The molecule has 0 bridgehead atoms. The van der Waals surface area contributed by atoms with Crippen molar-refractivity contribution in [1.29, 1.82) is 0 Å². The van der Waals surface area contributed by atoms with Crippen molar-refractivity contribution in [2.24, 2.45) is 0 Å². The van der Waals surface area contributed by atoms with Crippen molar-refractivity contribution < 1.29 is 14.3 Å². The zero-order chi connectivity index (χ0) is 24.5. The number of amides is 1. The third kappa shape index (κ3) is 4.01. The maximum atomic E-state index is 13.7. The summed E-state index contributed by atoms with van der Waals surface area (Å²) in [7, 11) is 0. The molecule has 1 atom stereocenters. The van der Waals surface area contributed by atoms with Gasteiger partial charge in [0.05, 0.1) is 23.9 Å². The maximum absolute atomic E-state index is 13.7. The number of benzene rings is 3. The molecule has 6 nitrogen and oxygen atoms in total. The molecule has 4 aromatic rings. The number of hydrogen-bond acceptors (Lipinski definition) is 4. The smallest absolute Gasteiger partial charge is 0.338 e. The molecule has 1 N–H and O–H groups in total. The molecule has 0 saturated carbocycles. The third-order valence-corrected chi connectivity index (χ3v) is 6.45. The number of hydrogen-bond donors (Lipinski definition) is 1. The second-order valence-electron chi connectivity index (χ2n) is 8.67. The molecule has 0 spiro atoms. The molecule has 2 heterocycles. The number of carbonyl (C=O) groups is 2. The Morgan fingerprint density at radius 3 is 2.29 bits per heavy atom. The quantitative estimate of drug-likeness (QED) is 0.361. The number of nitrogens with zero attached hydrogens (tertiary/aromatic N) is 2. The van der Waals surface area contributed by atoms with Gasteiger partial charge in [-0.05, 0) is 55.7 Å². The first kappa shape index (κ1) is 22.6. The van der Waals surface area contributed by atoms with Crippen LogP contribution in [0.3, 0.4) is 0 Å². The van der Waals surface area contributed by atoms with Crippen molar-refractivity contribution >= 4 is 17.6 Å². The van der Waals surface area contributed by atoms with Gasteiger partial charge in [-0.2, -0.15) is 5.10 Å². The van der Waals surface area contributed by atoms with Crippen LogP contribution in [0.15, 0.2) is 72.8 Å². The Hall–Kier alpha value is -4.19. The first-order chi connectivity index (χ1) is 17.0. The number of anilines is 1. The van der Waals surface area contributed by atoms with Gasteiger partial charge in [0.1, 0.15) is 5.69 Å². The van der Waals surface area contributed by atoms with Crippen LogP contribution in [0.25, 0.3) is 11.3 Å². The van der Waals surface area contributed by atoms with E-state index in [2.05, 4.69) is 41.4 Å². The minimum absolute atomic E-state index is 0.153. The lowest BCUT2D eigenvalue weighted by molar-refractivity contribution is 0.0526. The zero-order valence-corrected chi connectivity index (χ0v) is 20.0. The summed E-state index contributed by atoms with van der Waals surface area (Å²) in [5.74, 6) is -0.533. The highest BCUT2D eigenvalue weighted by molar-refractivity contribution is 6.12. The van der Waals surface area contributed by atoms with Crippen LogP contribution < -0.4 is 4.90 Å². The van der Waals surface area contributed by atoms with Gasteiger partial charge in [-0.3, -0.25) is 14.8 Å². The number of ether oxygens (including phenoxy) is 1. The van der Waals surface area contributed by atoms with E-state index in [1.165, 1.54) is 5.56 Å². The van der Waals surface area contributed by atoms with Crippen LogP contribution in [0.2, 0.25) is 0 Å². The lowest BCUT2D eigenvalue weighted by Crippen LogP contribution is -2.29. The second kappa shape index (κ2) is 9.22. The van der Waals surface area contributed by atoms with Crippen LogP contribution in [0.1, 0.15) is 63.0 Å². The number of esters is 1. The summed E-state index contributed by atoms with van der Waals surface area (Å²) < 4.78 is 5.11. The predicted octanol–water partition coefficient (Wildman–Crippen LogP) is 5.87. The van der Waals surface area contributed by atoms with E-state index in [-0.39, 0.29) is 17.9 Å². The van der Waals surface area contributed by atoms with Crippen molar-refractivity contribution in [3.05, 3.63) is 106 Å². The van der Waals surface area contributed by atoms with Crippen molar-refractivity contribution in [1.82, 2.24) is 10.2 Å². The fourth-order valence-corrected chi connectivity index (χ4v) is 4.57. The summed E-state index contributed by atoms with van der Waals surface area (Å²) in [4.78, 5) is 27.6. The summed E-state index contributed by atoms with van der Waals surface area (Å²) >= 11 is 0. The number of aromatic nitrogens is 2. The minimum atomic E-state index is -0.380. The largest absolute Gasteiger partial charge is 0.462 e. The Morgan fingerprint density at radius 2 is 1.66 bits per heavy atom. The normalized spacial score (nSPS) is 14.8. The number of fused-ring (bicyclic) bond motifs is 1. The van der Waals surface area contributed by atoms with E-state index in [0.29, 0.717) is 23.6 Å². The van der Waals surface area contributed by atoms with E-state index in [1.54, 1.807) is 36.1 Å². The van der Waals surface area contributed by atoms with Crippen LogP contribution in [0, 0.1) is 6.92 Å². The van der Waals surface area contributed by atoms with Crippen molar-refractivity contribution in [2.75, 3.05) is 11.5 Å². The van der Waals surface area contributed by atoms with Gasteiger partial charge in [0.2, 0.25) is 0 Å². The third-order valence-electron chi connectivity index (χ3n) is 6.45. The lowest BCUT2D eigenvalue weighted by atomic mass is 9.94. The number of nitrogens with one attached hydrogen (secondary N) is 1. The maximum Gasteiger partial charge on any atom is 0.338 e. The van der Waals surface area contributed by atoms with E-state index in [1.807, 2.05) is 31.2 Å². The molecule has 1 aromatic heterocycles.